The van der Waals surface area contributed by atoms with Crippen LogP contribution in [0.1, 0.15) is 48.1 Å². The molecule has 208 valence electrons. The highest BCUT2D eigenvalue weighted by Gasteiger charge is 2.33. The van der Waals surface area contributed by atoms with Crippen molar-refractivity contribution in [2.45, 2.75) is 65.4 Å². The van der Waals surface area contributed by atoms with Crippen LogP contribution in [0.5, 0.6) is 0 Å². The molecule has 0 saturated heterocycles. The second-order valence-corrected chi connectivity index (χ2v) is 11.8. The van der Waals surface area contributed by atoms with E-state index in [0.29, 0.717) is 18.7 Å². The van der Waals surface area contributed by atoms with Gasteiger partial charge < -0.3 is 10.2 Å². The first kappa shape index (κ1) is 29.9. The third-order valence-corrected chi connectivity index (χ3v) is 8.66. The zero-order valence-electron chi connectivity index (χ0n) is 23.7. The van der Waals surface area contributed by atoms with Crippen LogP contribution in [-0.4, -0.2) is 44.3 Å². The minimum absolute atomic E-state index is 0.0972. The minimum Gasteiger partial charge on any atom is -0.355 e. The van der Waals surface area contributed by atoms with Crippen molar-refractivity contribution in [1.29, 1.82) is 0 Å². The maximum absolute atomic E-state index is 14.0. The summed E-state index contributed by atoms with van der Waals surface area (Å²) in [5.41, 5.74) is 5.19. The van der Waals surface area contributed by atoms with Crippen LogP contribution >= 0.6 is 0 Å². The Balaban J connectivity index is 2.08. The summed E-state index contributed by atoms with van der Waals surface area (Å²) < 4.78 is 29.0. The molecule has 0 radical (unpaired) electrons. The van der Waals surface area contributed by atoms with Crippen molar-refractivity contribution >= 4 is 27.5 Å². The van der Waals surface area contributed by atoms with Crippen LogP contribution in [0, 0.1) is 27.7 Å². The van der Waals surface area contributed by atoms with Gasteiger partial charge in [0.15, 0.2) is 0 Å². The molecule has 0 aliphatic heterocycles. The predicted molar refractivity (Wildman–Crippen MR) is 156 cm³/mol. The average molecular weight is 550 g/mol. The van der Waals surface area contributed by atoms with Gasteiger partial charge in [-0.2, -0.15) is 0 Å². The number of sulfonamides is 1. The zero-order valence-corrected chi connectivity index (χ0v) is 24.5. The van der Waals surface area contributed by atoms with E-state index in [9.17, 15) is 18.0 Å². The Morgan fingerprint density at radius 1 is 0.821 bits per heavy atom. The molecule has 0 fully saturated rings. The number of hydrogen-bond acceptors (Lipinski definition) is 4. The molecular weight excluding hydrogens is 510 g/mol. The Morgan fingerprint density at radius 2 is 1.41 bits per heavy atom. The molecule has 0 bridgehead atoms. The van der Waals surface area contributed by atoms with Crippen molar-refractivity contribution in [3.8, 4) is 0 Å². The number of anilines is 1. The summed E-state index contributed by atoms with van der Waals surface area (Å²) in [5.74, 6) is -0.720. The van der Waals surface area contributed by atoms with Crippen LogP contribution in [0.4, 0.5) is 5.69 Å². The van der Waals surface area contributed by atoms with Crippen LogP contribution in [0.15, 0.2) is 71.6 Å². The van der Waals surface area contributed by atoms with Gasteiger partial charge in [-0.1, -0.05) is 60.5 Å². The Hall–Kier alpha value is -3.65. The van der Waals surface area contributed by atoms with Gasteiger partial charge in [-0.25, -0.2) is 8.42 Å². The molecule has 3 aromatic carbocycles. The highest BCUT2D eigenvalue weighted by atomic mass is 32.2. The molecule has 8 heteroatoms. The Morgan fingerprint density at radius 3 is 1.95 bits per heavy atom. The lowest BCUT2D eigenvalue weighted by molar-refractivity contribution is -0.140. The number of nitrogens with one attached hydrogen (secondary N) is 1. The summed E-state index contributed by atoms with van der Waals surface area (Å²) in [6.07, 6.45) is 0.387. The maximum Gasteiger partial charge on any atom is 0.264 e. The monoisotopic (exact) mass is 549 g/mol. The van der Waals surface area contributed by atoms with Gasteiger partial charge in [-0.05, 0) is 82.0 Å². The quantitative estimate of drug-likeness (QED) is 0.362. The highest BCUT2D eigenvalue weighted by Crippen LogP contribution is 2.27. The number of carbonyl (C=O) groups is 2. The zero-order chi connectivity index (χ0) is 28.7. The van der Waals surface area contributed by atoms with Crippen molar-refractivity contribution in [2.75, 3.05) is 17.4 Å². The lowest BCUT2D eigenvalue weighted by Gasteiger charge is -2.33. The van der Waals surface area contributed by atoms with E-state index < -0.39 is 28.5 Å². The molecule has 39 heavy (non-hydrogen) atoms. The van der Waals surface area contributed by atoms with E-state index in [4.69, 9.17) is 0 Å². The molecule has 0 spiro atoms. The fourth-order valence-corrected chi connectivity index (χ4v) is 5.75. The second kappa shape index (κ2) is 12.9. The standard InChI is InChI=1S/C31H39N3O4S/c1-7-29(31(36)32-8-2)33(20-26-14-9-22(3)10-15-26)30(35)21-34(27-16-13-24(5)25(6)19-27)39(37,38)28-17-11-23(4)12-18-28/h9-19,29H,7-8,20-21H2,1-6H3,(H,32,36)/t29-/m1/s1. The summed E-state index contributed by atoms with van der Waals surface area (Å²) in [7, 11) is -4.09. The lowest BCUT2D eigenvalue weighted by atomic mass is 10.1. The Labute approximate surface area is 232 Å². The van der Waals surface area contributed by atoms with Crippen LogP contribution in [0.2, 0.25) is 0 Å². The highest BCUT2D eigenvalue weighted by molar-refractivity contribution is 7.92. The van der Waals surface area contributed by atoms with Gasteiger partial charge in [0, 0.05) is 13.1 Å². The molecule has 0 saturated carbocycles. The second-order valence-electron chi connectivity index (χ2n) is 9.92. The van der Waals surface area contributed by atoms with Crippen molar-refractivity contribution in [1.82, 2.24) is 10.2 Å². The van der Waals surface area contributed by atoms with E-state index in [-0.39, 0.29) is 17.3 Å². The number of amides is 2. The maximum atomic E-state index is 14.0. The third kappa shape index (κ3) is 7.26. The molecule has 0 aromatic heterocycles. The van der Waals surface area contributed by atoms with E-state index in [1.807, 2.05) is 71.9 Å². The molecule has 1 N–H and O–H groups in total. The van der Waals surface area contributed by atoms with Gasteiger partial charge in [0.1, 0.15) is 12.6 Å². The number of hydrogen-bond donors (Lipinski definition) is 1. The minimum atomic E-state index is -4.09. The van der Waals surface area contributed by atoms with Crippen LogP contribution in [-0.2, 0) is 26.2 Å². The van der Waals surface area contributed by atoms with E-state index in [2.05, 4.69) is 5.32 Å². The number of nitrogens with zero attached hydrogens (tertiary/aromatic N) is 2. The molecule has 1 atom stereocenters. The van der Waals surface area contributed by atoms with E-state index in [1.165, 1.54) is 4.90 Å². The fraction of sp³-hybridized carbons (Fsp3) is 0.355. The Kier molecular flexibility index (Phi) is 9.92. The first-order valence-corrected chi connectivity index (χ1v) is 14.7. The molecule has 0 aliphatic carbocycles. The van der Waals surface area contributed by atoms with Gasteiger partial charge in [0.2, 0.25) is 11.8 Å². The van der Waals surface area contributed by atoms with Crippen LogP contribution in [0.3, 0.4) is 0 Å². The van der Waals surface area contributed by atoms with Crippen LogP contribution in [0.25, 0.3) is 0 Å². The van der Waals surface area contributed by atoms with Gasteiger partial charge >= 0.3 is 0 Å². The van der Waals surface area contributed by atoms with Crippen molar-refractivity contribution in [2.24, 2.45) is 0 Å². The van der Waals surface area contributed by atoms with E-state index in [1.54, 1.807) is 36.4 Å². The molecular formula is C31H39N3O4S. The molecule has 0 heterocycles. The fourth-order valence-electron chi connectivity index (χ4n) is 4.35. The molecule has 7 nitrogen and oxygen atoms in total. The third-order valence-electron chi connectivity index (χ3n) is 6.88. The predicted octanol–water partition coefficient (Wildman–Crippen LogP) is 5.06. The topological polar surface area (TPSA) is 86.8 Å². The van der Waals surface area contributed by atoms with Gasteiger partial charge in [0.05, 0.1) is 10.6 Å². The largest absolute Gasteiger partial charge is 0.355 e. The first-order chi connectivity index (χ1) is 18.5. The van der Waals surface area contributed by atoms with E-state index >= 15 is 0 Å². The SMILES string of the molecule is CCNC(=O)[C@@H](CC)N(Cc1ccc(C)cc1)C(=O)CN(c1ccc(C)c(C)c1)S(=O)(=O)c1ccc(C)cc1. The summed E-state index contributed by atoms with van der Waals surface area (Å²) in [5, 5.41) is 2.82. The van der Waals surface area contributed by atoms with Gasteiger partial charge in [-0.3, -0.25) is 13.9 Å². The average Bonchev–Trinajstić information content (AvgIpc) is 2.90. The molecule has 2 amide bonds. The van der Waals surface area contributed by atoms with Gasteiger partial charge in [0.25, 0.3) is 10.0 Å². The summed E-state index contributed by atoms with van der Waals surface area (Å²) in [6.45, 7) is 11.6. The number of aryl methyl sites for hydroxylation is 4. The smallest absolute Gasteiger partial charge is 0.264 e. The van der Waals surface area contributed by atoms with E-state index in [0.717, 1.165) is 32.1 Å². The van der Waals surface area contributed by atoms with Gasteiger partial charge in [-0.15, -0.1) is 0 Å². The lowest BCUT2D eigenvalue weighted by Crippen LogP contribution is -2.52. The van der Waals surface area contributed by atoms with Crippen molar-refractivity contribution in [3.63, 3.8) is 0 Å². The summed E-state index contributed by atoms with van der Waals surface area (Å²) in [6, 6.07) is 18.9. The number of likely N-dealkylation sites (N-methyl/N-ethyl adjacent to an activating group) is 1. The molecule has 3 rings (SSSR count). The van der Waals surface area contributed by atoms with Crippen molar-refractivity contribution < 1.29 is 18.0 Å². The molecule has 0 unspecified atom stereocenters. The number of benzene rings is 3. The number of carbonyl (C=O) groups excluding carboxylic acids is 2. The molecule has 3 aromatic rings. The normalized spacial score (nSPS) is 12.1. The summed E-state index contributed by atoms with van der Waals surface area (Å²) in [4.78, 5) is 28.6. The first-order valence-electron chi connectivity index (χ1n) is 13.3. The van der Waals surface area contributed by atoms with Crippen LogP contribution < -0.4 is 9.62 Å². The summed E-state index contributed by atoms with van der Waals surface area (Å²) >= 11 is 0. The van der Waals surface area contributed by atoms with Crippen molar-refractivity contribution in [3.05, 3.63) is 94.5 Å². The Bertz CT molecular complexity index is 1400. The molecule has 0 aliphatic rings. The number of rotatable bonds is 11.